The third-order valence-electron chi connectivity index (χ3n) is 4.85. The lowest BCUT2D eigenvalue weighted by Crippen LogP contribution is -2.13. The molecule has 0 bridgehead atoms. The van der Waals surface area contributed by atoms with E-state index >= 15 is 0 Å². The van der Waals surface area contributed by atoms with Gasteiger partial charge in [-0.05, 0) is 88.3 Å². The van der Waals surface area contributed by atoms with Crippen LogP contribution >= 0.6 is 38.5 Å². The minimum atomic E-state index is -0.498. The summed E-state index contributed by atoms with van der Waals surface area (Å²) in [5, 5.41) is 12.3. The fourth-order valence-electron chi connectivity index (χ4n) is 3.20. The summed E-state index contributed by atoms with van der Waals surface area (Å²) < 4.78 is 24.0. The predicted molar refractivity (Wildman–Crippen MR) is 139 cm³/mol. The third-order valence-corrected chi connectivity index (χ3v) is 6.18. The number of nitriles is 1. The molecule has 1 aliphatic heterocycles. The van der Waals surface area contributed by atoms with Gasteiger partial charge in [0.05, 0.1) is 10.7 Å². The highest BCUT2D eigenvalue weighted by Gasteiger charge is 2.16. The molecule has 1 amide bonds. The van der Waals surface area contributed by atoms with Crippen molar-refractivity contribution in [3.8, 4) is 29.1 Å². The van der Waals surface area contributed by atoms with Gasteiger partial charge >= 0.3 is 0 Å². The molecule has 0 unspecified atom stereocenters. The van der Waals surface area contributed by atoms with Gasteiger partial charge in [-0.3, -0.25) is 4.79 Å². The Hall–Kier alpha value is -3.23. The fourth-order valence-corrected chi connectivity index (χ4v) is 4.24. The molecule has 0 fully saturated rings. The average Bonchev–Trinajstić information content (AvgIpc) is 3.31. The Balaban J connectivity index is 1.51. The Bertz CT molecular complexity index is 1300. The molecule has 3 aromatic carbocycles. The van der Waals surface area contributed by atoms with Gasteiger partial charge < -0.3 is 24.3 Å². The first-order valence-electron chi connectivity index (χ1n) is 10.0. The van der Waals surface area contributed by atoms with Crippen LogP contribution < -0.4 is 24.3 Å². The molecule has 4 rings (SSSR count). The van der Waals surface area contributed by atoms with E-state index in [4.69, 9.17) is 18.9 Å². The highest BCUT2D eigenvalue weighted by molar-refractivity contribution is 14.1. The molecule has 1 N–H and O–H groups in total. The second-order valence-corrected chi connectivity index (χ2v) is 9.22. The number of fused-ring (bicyclic) bond motifs is 1. The van der Waals surface area contributed by atoms with Gasteiger partial charge in [-0.15, -0.1) is 0 Å². The molecule has 172 valence electrons. The van der Waals surface area contributed by atoms with Gasteiger partial charge in [-0.1, -0.05) is 22.0 Å². The maximum absolute atomic E-state index is 12.6. The van der Waals surface area contributed by atoms with Gasteiger partial charge in [0, 0.05) is 10.2 Å². The minimum absolute atomic E-state index is 0.0326. The van der Waals surface area contributed by atoms with Crippen LogP contribution in [0.2, 0.25) is 0 Å². The first-order chi connectivity index (χ1) is 16.5. The topological polar surface area (TPSA) is 89.8 Å². The normalized spacial score (nSPS) is 12.1. The number of ether oxygens (including phenoxy) is 4. The van der Waals surface area contributed by atoms with Crippen molar-refractivity contribution >= 4 is 56.2 Å². The number of rotatable bonds is 7. The number of carbonyl (C=O) groups is 1. The van der Waals surface area contributed by atoms with Crippen LogP contribution in [0.3, 0.4) is 0 Å². The quantitative estimate of drug-likeness (QED) is 0.198. The smallest absolute Gasteiger partial charge is 0.266 e. The van der Waals surface area contributed by atoms with Crippen molar-refractivity contribution in [2.24, 2.45) is 0 Å². The number of hydrogen-bond acceptors (Lipinski definition) is 6. The molecule has 9 heteroatoms. The van der Waals surface area contributed by atoms with Crippen molar-refractivity contribution in [3.05, 3.63) is 79.3 Å². The number of amides is 1. The van der Waals surface area contributed by atoms with Gasteiger partial charge in [0.1, 0.15) is 18.2 Å². The van der Waals surface area contributed by atoms with Crippen molar-refractivity contribution < 1.29 is 23.7 Å². The Morgan fingerprint density at radius 1 is 1.18 bits per heavy atom. The van der Waals surface area contributed by atoms with Crippen molar-refractivity contribution in [1.82, 2.24) is 0 Å². The van der Waals surface area contributed by atoms with Gasteiger partial charge in [0.2, 0.25) is 6.79 Å². The molecule has 0 radical (unpaired) electrons. The van der Waals surface area contributed by atoms with Gasteiger partial charge in [0.15, 0.2) is 23.0 Å². The summed E-state index contributed by atoms with van der Waals surface area (Å²) in [5.41, 5.74) is 2.12. The van der Waals surface area contributed by atoms with E-state index in [1.807, 2.05) is 30.3 Å². The SMILES string of the molecule is COc1cc(/C=C(/C#N)C(=O)Nc2ccc(Br)cc2)cc(I)c1OCc1ccc2c(c1)OCO2. The molecule has 7 nitrogen and oxygen atoms in total. The van der Waals surface area contributed by atoms with Crippen molar-refractivity contribution in [2.75, 3.05) is 19.2 Å². The Labute approximate surface area is 218 Å². The van der Waals surface area contributed by atoms with Crippen molar-refractivity contribution in [3.63, 3.8) is 0 Å². The van der Waals surface area contributed by atoms with E-state index in [2.05, 4.69) is 43.8 Å². The molecule has 0 atom stereocenters. The van der Waals surface area contributed by atoms with E-state index in [1.165, 1.54) is 13.2 Å². The summed E-state index contributed by atoms with van der Waals surface area (Å²) in [6.45, 7) is 0.517. The molecule has 0 spiro atoms. The van der Waals surface area contributed by atoms with E-state index in [0.29, 0.717) is 40.9 Å². The number of nitrogens with zero attached hydrogens (tertiary/aromatic N) is 1. The first kappa shape index (κ1) is 23.9. The molecule has 0 saturated carbocycles. The number of carbonyl (C=O) groups excluding carboxylic acids is 1. The Kier molecular flexibility index (Phi) is 7.59. The number of hydrogen-bond donors (Lipinski definition) is 1. The number of benzene rings is 3. The summed E-state index contributed by atoms with van der Waals surface area (Å²) in [4.78, 5) is 12.6. The maximum Gasteiger partial charge on any atom is 0.266 e. The lowest BCUT2D eigenvalue weighted by Gasteiger charge is -2.14. The molecule has 0 aromatic heterocycles. The van der Waals surface area contributed by atoms with Crippen molar-refractivity contribution in [1.29, 1.82) is 5.26 Å². The molecular weight excluding hydrogens is 615 g/mol. The average molecular weight is 633 g/mol. The van der Waals surface area contributed by atoms with Crippen LogP contribution in [0.4, 0.5) is 5.69 Å². The zero-order valence-electron chi connectivity index (χ0n) is 17.9. The van der Waals surface area contributed by atoms with Crippen LogP contribution in [0.1, 0.15) is 11.1 Å². The van der Waals surface area contributed by atoms with Crippen LogP contribution in [0, 0.1) is 14.9 Å². The van der Waals surface area contributed by atoms with E-state index in [9.17, 15) is 10.1 Å². The zero-order chi connectivity index (χ0) is 24.1. The molecule has 0 saturated heterocycles. The molecule has 3 aromatic rings. The molecule has 1 aliphatic rings. The van der Waals surface area contributed by atoms with Crippen molar-refractivity contribution in [2.45, 2.75) is 6.61 Å². The summed E-state index contributed by atoms with van der Waals surface area (Å²) >= 11 is 5.49. The summed E-state index contributed by atoms with van der Waals surface area (Å²) in [7, 11) is 1.54. The van der Waals surface area contributed by atoms with Gasteiger partial charge in [-0.25, -0.2) is 0 Å². The highest BCUT2D eigenvalue weighted by atomic mass is 127. The Morgan fingerprint density at radius 3 is 2.68 bits per heavy atom. The number of halogens is 2. The summed E-state index contributed by atoms with van der Waals surface area (Å²) in [6, 6.07) is 18.2. The second kappa shape index (κ2) is 10.8. The minimum Gasteiger partial charge on any atom is -0.493 e. The predicted octanol–water partition coefficient (Wildman–Crippen LogP) is 5.92. The third kappa shape index (κ3) is 5.63. The lowest BCUT2D eigenvalue weighted by molar-refractivity contribution is -0.112. The molecular formula is C25H18BrIN2O5. The maximum atomic E-state index is 12.6. The molecule has 0 aliphatic carbocycles. The van der Waals surface area contributed by atoms with E-state index in [0.717, 1.165) is 13.6 Å². The summed E-state index contributed by atoms with van der Waals surface area (Å²) in [5.74, 6) is 1.96. The molecule has 34 heavy (non-hydrogen) atoms. The van der Waals surface area contributed by atoms with Crippen LogP contribution in [-0.2, 0) is 11.4 Å². The van der Waals surface area contributed by atoms with Crippen LogP contribution in [0.25, 0.3) is 6.08 Å². The van der Waals surface area contributed by atoms with Crippen LogP contribution in [0.5, 0.6) is 23.0 Å². The Morgan fingerprint density at radius 2 is 1.94 bits per heavy atom. The van der Waals surface area contributed by atoms with E-state index < -0.39 is 5.91 Å². The standard InChI is InChI=1S/C25H18BrIN2O5/c1-31-23-11-16(8-17(12-28)25(30)29-19-5-3-18(26)4-6-19)9-20(27)24(23)32-13-15-2-7-21-22(10-15)34-14-33-21/h2-11H,13-14H2,1H3,(H,29,30)/b17-8-. The monoisotopic (exact) mass is 632 g/mol. The van der Waals surface area contributed by atoms with Crippen LogP contribution in [0.15, 0.2) is 64.6 Å². The zero-order valence-corrected chi connectivity index (χ0v) is 21.7. The number of anilines is 1. The van der Waals surface area contributed by atoms with Crippen LogP contribution in [-0.4, -0.2) is 19.8 Å². The summed E-state index contributed by atoms with van der Waals surface area (Å²) in [6.07, 6.45) is 1.51. The lowest BCUT2D eigenvalue weighted by atomic mass is 10.1. The fraction of sp³-hybridized carbons (Fsp3) is 0.120. The second-order valence-electron chi connectivity index (χ2n) is 7.14. The first-order valence-corrected chi connectivity index (χ1v) is 11.9. The van der Waals surface area contributed by atoms with E-state index in [1.54, 1.807) is 30.3 Å². The van der Waals surface area contributed by atoms with E-state index in [-0.39, 0.29) is 12.4 Å². The van der Waals surface area contributed by atoms with Gasteiger partial charge in [-0.2, -0.15) is 5.26 Å². The molecule has 1 heterocycles. The highest BCUT2D eigenvalue weighted by Crippen LogP contribution is 2.36. The largest absolute Gasteiger partial charge is 0.493 e. The number of methoxy groups -OCH3 is 1. The van der Waals surface area contributed by atoms with Gasteiger partial charge in [0.25, 0.3) is 5.91 Å². The number of nitrogens with one attached hydrogen (secondary N) is 1.